The molecule has 2 aliphatic rings. The van der Waals surface area contributed by atoms with Crippen LogP contribution in [0.3, 0.4) is 0 Å². The summed E-state index contributed by atoms with van der Waals surface area (Å²) in [5.74, 6) is 0.385. The van der Waals surface area contributed by atoms with E-state index < -0.39 is 0 Å². The molecule has 1 amide bonds. The van der Waals surface area contributed by atoms with Gasteiger partial charge in [-0.15, -0.1) is 0 Å². The monoisotopic (exact) mass is 438 g/mol. The highest BCUT2D eigenvalue weighted by atomic mass is 32.2. The van der Waals surface area contributed by atoms with Crippen LogP contribution in [-0.4, -0.2) is 52.5 Å². The van der Waals surface area contributed by atoms with Crippen molar-refractivity contribution in [3.05, 3.63) is 59.4 Å². The highest BCUT2D eigenvalue weighted by Gasteiger charge is 2.39. The lowest BCUT2D eigenvalue weighted by Gasteiger charge is -2.31. The van der Waals surface area contributed by atoms with Crippen LogP contribution >= 0.6 is 11.9 Å². The molecule has 166 valence electrons. The molecule has 1 fully saturated rings. The van der Waals surface area contributed by atoms with E-state index in [1.165, 1.54) is 11.1 Å². The number of amides is 1. The Balaban J connectivity index is 1.33. The zero-order valence-corrected chi connectivity index (χ0v) is 19.9. The minimum absolute atomic E-state index is 0.0771. The third-order valence-corrected chi connectivity index (χ3v) is 7.89. The number of hydrogen-bond acceptors (Lipinski definition) is 5. The van der Waals surface area contributed by atoms with Crippen LogP contribution in [0, 0.1) is 5.92 Å². The number of carbonyl (C=O) groups is 1. The molecule has 2 aromatic rings. The third kappa shape index (κ3) is 4.75. The molecule has 6 heteroatoms. The van der Waals surface area contributed by atoms with Gasteiger partial charge in [-0.1, -0.05) is 50.1 Å². The molecule has 1 N–H and O–H groups in total. The van der Waals surface area contributed by atoms with Crippen LogP contribution in [0.25, 0.3) is 0 Å². The molecule has 0 spiro atoms. The maximum absolute atomic E-state index is 12.8. The van der Waals surface area contributed by atoms with Crippen LogP contribution in [0.4, 0.5) is 5.69 Å². The van der Waals surface area contributed by atoms with Crippen LogP contribution in [-0.2, 0) is 23.2 Å². The minimum Gasteiger partial charge on any atom is -0.380 e. The summed E-state index contributed by atoms with van der Waals surface area (Å²) >= 11 is 1.77. The number of pyridine rings is 1. The van der Waals surface area contributed by atoms with E-state index >= 15 is 0 Å². The Hall–Kier alpha value is -2.05. The van der Waals surface area contributed by atoms with Crippen molar-refractivity contribution in [2.45, 2.75) is 51.1 Å². The maximum atomic E-state index is 12.8. The fourth-order valence-electron chi connectivity index (χ4n) is 4.94. The van der Waals surface area contributed by atoms with Crippen LogP contribution in [0.15, 0.2) is 42.6 Å². The fourth-order valence-corrected chi connectivity index (χ4v) is 5.52. The van der Waals surface area contributed by atoms with Gasteiger partial charge in [0.25, 0.3) is 0 Å². The average Bonchev–Trinajstić information content (AvgIpc) is 3.04. The summed E-state index contributed by atoms with van der Waals surface area (Å²) in [4.78, 5) is 19.3. The summed E-state index contributed by atoms with van der Waals surface area (Å²) in [5.41, 5.74) is 4.90. The quantitative estimate of drug-likeness (QED) is 0.680. The first kappa shape index (κ1) is 22.2. The Morgan fingerprint density at radius 1 is 1.23 bits per heavy atom. The van der Waals surface area contributed by atoms with Gasteiger partial charge in [-0.25, -0.2) is 0 Å². The van der Waals surface area contributed by atoms with E-state index in [1.807, 2.05) is 24.2 Å². The number of aromatic nitrogens is 1. The number of nitrogens with one attached hydrogen (secondary N) is 1. The topological polar surface area (TPSA) is 48.5 Å². The first-order valence-corrected chi connectivity index (χ1v) is 12.4. The van der Waals surface area contributed by atoms with Gasteiger partial charge < -0.3 is 10.2 Å². The number of hydrogen-bond donors (Lipinski definition) is 1. The van der Waals surface area contributed by atoms with Crippen molar-refractivity contribution in [2.75, 3.05) is 31.7 Å². The molecular formula is C25H34N4OS. The average molecular weight is 439 g/mol. The second kappa shape index (κ2) is 9.21. The van der Waals surface area contributed by atoms with Gasteiger partial charge in [-0.05, 0) is 48.8 Å². The summed E-state index contributed by atoms with van der Waals surface area (Å²) < 4.78 is 2.33. The van der Waals surface area contributed by atoms with Crippen molar-refractivity contribution in [2.24, 2.45) is 5.92 Å². The molecule has 1 aliphatic carbocycles. The van der Waals surface area contributed by atoms with Gasteiger partial charge in [0.2, 0.25) is 5.91 Å². The van der Waals surface area contributed by atoms with Crippen molar-refractivity contribution in [3.63, 3.8) is 0 Å². The highest BCUT2D eigenvalue weighted by Crippen LogP contribution is 2.39. The molecule has 1 atom stereocenters. The van der Waals surface area contributed by atoms with Gasteiger partial charge in [-0.3, -0.25) is 14.1 Å². The number of carbonyl (C=O) groups excluding carboxylic acids is 1. The summed E-state index contributed by atoms with van der Waals surface area (Å²) in [6, 6.07) is 13.2. The molecule has 31 heavy (non-hydrogen) atoms. The van der Waals surface area contributed by atoms with Gasteiger partial charge in [-0.2, -0.15) is 0 Å². The maximum Gasteiger partial charge on any atom is 0.225 e. The van der Waals surface area contributed by atoms with Crippen molar-refractivity contribution in [1.82, 2.24) is 14.2 Å². The first-order valence-electron chi connectivity index (χ1n) is 11.2. The van der Waals surface area contributed by atoms with Crippen molar-refractivity contribution in [3.8, 4) is 0 Å². The Bertz CT molecular complexity index is 906. The molecule has 1 unspecified atom stereocenters. The SMILES string of the molecule is CSN1CCC(C(=O)N(C)Cc2ccc(NC3Cc4ccccc4C3(C)C)cn2)CC1. The molecular weight excluding hydrogens is 404 g/mol. The molecule has 2 heterocycles. The summed E-state index contributed by atoms with van der Waals surface area (Å²) in [7, 11) is 1.90. The van der Waals surface area contributed by atoms with E-state index in [1.54, 1.807) is 11.9 Å². The van der Waals surface area contributed by atoms with Crippen molar-refractivity contribution >= 4 is 23.5 Å². The van der Waals surface area contributed by atoms with E-state index in [0.717, 1.165) is 43.7 Å². The smallest absolute Gasteiger partial charge is 0.225 e. The zero-order chi connectivity index (χ0) is 22.0. The number of rotatable bonds is 6. The predicted octanol–water partition coefficient (Wildman–Crippen LogP) is 4.34. The van der Waals surface area contributed by atoms with Gasteiger partial charge in [0.1, 0.15) is 0 Å². The fraction of sp³-hybridized carbons (Fsp3) is 0.520. The number of benzene rings is 1. The molecule has 0 bridgehead atoms. The molecule has 1 aliphatic heterocycles. The Labute approximate surface area is 190 Å². The Morgan fingerprint density at radius 2 is 1.97 bits per heavy atom. The predicted molar refractivity (Wildman–Crippen MR) is 129 cm³/mol. The number of anilines is 1. The van der Waals surface area contributed by atoms with Gasteiger partial charge >= 0.3 is 0 Å². The van der Waals surface area contributed by atoms with Crippen molar-refractivity contribution in [1.29, 1.82) is 0 Å². The van der Waals surface area contributed by atoms with E-state index in [9.17, 15) is 4.79 Å². The second-order valence-corrected chi connectivity index (χ2v) is 10.3. The molecule has 1 aromatic carbocycles. The van der Waals surface area contributed by atoms with Crippen molar-refractivity contribution < 1.29 is 4.79 Å². The standard InChI is InChI=1S/C25H34N4OS/c1-25(2)22-8-6-5-7-19(22)15-23(25)27-20-9-10-21(26-16-20)17-28(3)24(30)18-11-13-29(31-4)14-12-18/h5-10,16,18,23,27H,11-15,17H2,1-4H3. The molecule has 0 radical (unpaired) electrons. The third-order valence-electron chi connectivity index (χ3n) is 7.01. The van der Waals surface area contributed by atoms with Crippen LogP contribution < -0.4 is 5.32 Å². The minimum atomic E-state index is 0.0771. The largest absolute Gasteiger partial charge is 0.380 e. The van der Waals surface area contributed by atoms with E-state index in [0.29, 0.717) is 12.6 Å². The second-order valence-electron chi connectivity index (χ2n) is 9.40. The lowest BCUT2D eigenvalue weighted by Crippen LogP contribution is -2.39. The number of nitrogens with zero attached hydrogens (tertiary/aromatic N) is 3. The van der Waals surface area contributed by atoms with Gasteiger partial charge in [0.15, 0.2) is 0 Å². The molecule has 1 saturated heterocycles. The van der Waals surface area contributed by atoms with Crippen LogP contribution in [0.2, 0.25) is 0 Å². The molecule has 4 rings (SSSR count). The summed E-state index contributed by atoms with van der Waals surface area (Å²) in [6.45, 7) is 7.16. The summed E-state index contributed by atoms with van der Waals surface area (Å²) in [6.07, 6.45) is 6.92. The van der Waals surface area contributed by atoms with Crippen LogP contribution in [0.5, 0.6) is 0 Å². The Morgan fingerprint density at radius 3 is 2.61 bits per heavy atom. The molecule has 5 nitrogen and oxygen atoms in total. The summed E-state index contributed by atoms with van der Waals surface area (Å²) in [5, 5.41) is 3.69. The lowest BCUT2D eigenvalue weighted by molar-refractivity contribution is -0.135. The molecule has 0 saturated carbocycles. The van der Waals surface area contributed by atoms with E-state index in [-0.39, 0.29) is 17.2 Å². The van der Waals surface area contributed by atoms with E-state index in [4.69, 9.17) is 0 Å². The van der Waals surface area contributed by atoms with Gasteiger partial charge in [0.05, 0.1) is 24.1 Å². The van der Waals surface area contributed by atoms with Crippen LogP contribution in [0.1, 0.15) is 43.5 Å². The van der Waals surface area contributed by atoms with E-state index in [2.05, 4.69) is 65.0 Å². The number of piperidine rings is 1. The Kier molecular flexibility index (Phi) is 6.58. The lowest BCUT2D eigenvalue weighted by atomic mass is 9.83. The normalized spacial score (nSPS) is 21.0. The number of fused-ring (bicyclic) bond motifs is 1. The highest BCUT2D eigenvalue weighted by molar-refractivity contribution is 7.96. The van der Waals surface area contributed by atoms with Gasteiger partial charge in [0, 0.05) is 37.5 Å². The molecule has 1 aromatic heterocycles. The zero-order valence-electron chi connectivity index (χ0n) is 19.1. The first-order chi connectivity index (χ1) is 14.9.